The molecule has 0 fully saturated rings. The molecule has 3 aromatic carbocycles. The molecule has 11 heteroatoms. The number of hydrazone groups is 1. The zero-order valence-electron chi connectivity index (χ0n) is 17.9. The minimum atomic E-state index is -3.96. The van der Waals surface area contributed by atoms with Gasteiger partial charge in [0, 0.05) is 29.0 Å². The first kappa shape index (κ1) is 24.3. The summed E-state index contributed by atoms with van der Waals surface area (Å²) in [6, 6.07) is 19.0. The predicted molar refractivity (Wildman–Crippen MR) is 130 cm³/mol. The van der Waals surface area contributed by atoms with E-state index in [0.29, 0.717) is 28.2 Å². The molecule has 0 atom stereocenters. The number of nitrogens with zero attached hydrogens (tertiary/aromatic N) is 1. The molecule has 0 aromatic heterocycles. The minimum absolute atomic E-state index is 0.0455. The fraction of sp³-hybridized carbons (Fsp3) is 0.0870. The van der Waals surface area contributed by atoms with Crippen molar-refractivity contribution in [3.8, 4) is 0 Å². The van der Waals surface area contributed by atoms with E-state index in [4.69, 9.17) is 10.9 Å². The van der Waals surface area contributed by atoms with Gasteiger partial charge in [0.1, 0.15) is 6.34 Å². The van der Waals surface area contributed by atoms with Crippen LogP contribution in [0.3, 0.4) is 0 Å². The fourth-order valence-electron chi connectivity index (χ4n) is 3.06. The topological polar surface area (TPSA) is 163 Å². The number of amides is 1. The summed E-state index contributed by atoms with van der Waals surface area (Å²) in [5.41, 5.74) is 2.25. The number of carbonyl (C=O) groups is 2. The minimum Gasteiger partial charge on any atom is -0.481 e. The highest BCUT2D eigenvalue weighted by atomic mass is 32.2. The third kappa shape index (κ3) is 6.81. The second kappa shape index (κ2) is 11.0. The summed E-state index contributed by atoms with van der Waals surface area (Å²) in [6.07, 6.45) is 1.50. The number of anilines is 3. The molecule has 0 radical (unpaired) electrons. The van der Waals surface area contributed by atoms with E-state index in [-0.39, 0.29) is 17.7 Å². The van der Waals surface area contributed by atoms with E-state index in [1.54, 1.807) is 54.6 Å². The van der Waals surface area contributed by atoms with Gasteiger partial charge in [0.25, 0.3) is 15.9 Å². The first-order valence-corrected chi connectivity index (χ1v) is 11.6. The van der Waals surface area contributed by atoms with Gasteiger partial charge in [-0.05, 0) is 60.5 Å². The van der Waals surface area contributed by atoms with Gasteiger partial charge in [-0.25, -0.2) is 8.42 Å². The highest BCUT2D eigenvalue weighted by Gasteiger charge is 2.16. The summed E-state index contributed by atoms with van der Waals surface area (Å²) in [6.45, 7) is 0. The number of aliphatic carboxylic acids is 1. The SMILES string of the molecule is NN=CNc1cccc(C(=O)Nc2cccc(S(=O)(=O)Nc3cccc(CCC(=O)O)c3)c2)c1. The van der Waals surface area contributed by atoms with E-state index in [0.717, 1.165) is 0 Å². The maximum absolute atomic E-state index is 12.9. The molecular formula is C23H23N5O5S. The lowest BCUT2D eigenvalue weighted by Gasteiger charge is -2.11. The zero-order valence-corrected chi connectivity index (χ0v) is 18.7. The Balaban J connectivity index is 1.74. The first-order valence-electron chi connectivity index (χ1n) is 10.1. The Morgan fingerprint density at radius 2 is 1.65 bits per heavy atom. The number of carboxylic acids is 1. The lowest BCUT2D eigenvalue weighted by atomic mass is 10.1. The Bertz CT molecular complexity index is 1320. The lowest BCUT2D eigenvalue weighted by Crippen LogP contribution is -2.15. The van der Waals surface area contributed by atoms with Crippen molar-refractivity contribution in [3.63, 3.8) is 0 Å². The predicted octanol–water partition coefficient (Wildman–Crippen LogP) is 3.07. The van der Waals surface area contributed by atoms with E-state index >= 15 is 0 Å². The molecule has 0 saturated carbocycles. The highest BCUT2D eigenvalue weighted by Crippen LogP contribution is 2.21. The lowest BCUT2D eigenvalue weighted by molar-refractivity contribution is -0.136. The van der Waals surface area contributed by atoms with E-state index in [1.165, 1.54) is 24.5 Å². The number of carbonyl (C=O) groups excluding carboxylic acids is 1. The molecule has 0 spiro atoms. The number of nitrogens with two attached hydrogens (primary N) is 1. The zero-order chi connectivity index (χ0) is 24.6. The van der Waals surface area contributed by atoms with Gasteiger partial charge in [-0.15, -0.1) is 0 Å². The quantitative estimate of drug-likeness (QED) is 0.129. The summed E-state index contributed by atoms with van der Waals surface area (Å²) in [5.74, 6) is 3.70. The monoisotopic (exact) mass is 481 g/mol. The van der Waals surface area contributed by atoms with Crippen LogP contribution < -0.4 is 21.2 Å². The first-order chi connectivity index (χ1) is 16.3. The number of carboxylic acid groups (broad SMARTS) is 1. The van der Waals surface area contributed by atoms with E-state index < -0.39 is 21.9 Å². The van der Waals surface area contributed by atoms with Crippen molar-refractivity contribution >= 4 is 45.3 Å². The van der Waals surface area contributed by atoms with Crippen molar-refractivity contribution in [1.82, 2.24) is 0 Å². The van der Waals surface area contributed by atoms with Gasteiger partial charge in [-0.2, -0.15) is 5.10 Å². The molecule has 3 aromatic rings. The molecule has 1 amide bonds. The van der Waals surface area contributed by atoms with Crippen molar-refractivity contribution in [2.45, 2.75) is 17.7 Å². The molecular weight excluding hydrogens is 458 g/mol. The molecule has 0 bridgehead atoms. The standard InChI is InChI=1S/C23H23N5O5S/c24-26-15-25-18-6-2-5-17(13-18)23(31)27-19-7-3-9-21(14-19)34(32,33)28-20-8-1-4-16(12-20)10-11-22(29)30/h1-9,12-15,28H,10-11,24H2,(H,25,26)(H,27,31)(H,29,30). The van der Waals surface area contributed by atoms with Crippen LogP contribution >= 0.6 is 0 Å². The highest BCUT2D eigenvalue weighted by molar-refractivity contribution is 7.92. The molecule has 3 rings (SSSR count). The van der Waals surface area contributed by atoms with Crippen molar-refractivity contribution in [2.24, 2.45) is 10.9 Å². The normalized spacial score (nSPS) is 11.2. The van der Waals surface area contributed by atoms with Crippen LogP contribution in [0.4, 0.5) is 17.1 Å². The maximum Gasteiger partial charge on any atom is 0.303 e. The van der Waals surface area contributed by atoms with Crippen LogP contribution in [0.1, 0.15) is 22.3 Å². The number of hydrogen-bond donors (Lipinski definition) is 5. The third-order valence-corrected chi connectivity index (χ3v) is 6.02. The Hall–Kier alpha value is -4.38. The van der Waals surface area contributed by atoms with Crippen molar-refractivity contribution in [3.05, 3.63) is 83.9 Å². The van der Waals surface area contributed by atoms with Crippen LogP contribution in [0, 0.1) is 0 Å². The third-order valence-electron chi connectivity index (χ3n) is 4.64. The number of sulfonamides is 1. The Labute approximate surface area is 196 Å². The molecule has 0 unspecified atom stereocenters. The van der Waals surface area contributed by atoms with Gasteiger partial charge in [0.15, 0.2) is 0 Å². The summed E-state index contributed by atoms with van der Waals surface area (Å²) in [5, 5.41) is 17.7. The summed E-state index contributed by atoms with van der Waals surface area (Å²) < 4.78 is 28.2. The molecule has 34 heavy (non-hydrogen) atoms. The van der Waals surface area contributed by atoms with Crippen LogP contribution in [-0.2, 0) is 21.2 Å². The Morgan fingerprint density at radius 1 is 0.941 bits per heavy atom. The van der Waals surface area contributed by atoms with Gasteiger partial charge in [0.2, 0.25) is 0 Å². The molecule has 10 nitrogen and oxygen atoms in total. The molecule has 0 aliphatic heterocycles. The van der Waals surface area contributed by atoms with Crippen molar-refractivity contribution in [1.29, 1.82) is 0 Å². The summed E-state index contributed by atoms with van der Waals surface area (Å²) in [4.78, 5) is 23.4. The van der Waals surface area contributed by atoms with Gasteiger partial charge in [-0.3, -0.25) is 14.3 Å². The Kier molecular flexibility index (Phi) is 7.83. The number of hydrogen-bond acceptors (Lipinski definition) is 6. The summed E-state index contributed by atoms with van der Waals surface area (Å²) in [7, 11) is -3.96. The number of aryl methyl sites for hydroxylation is 1. The number of rotatable bonds is 10. The smallest absolute Gasteiger partial charge is 0.303 e. The number of nitrogens with one attached hydrogen (secondary N) is 3. The van der Waals surface area contributed by atoms with Gasteiger partial charge < -0.3 is 21.6 Å². The average Bonchev–Trinajstić information content (AvgIpc) is 2.82. The second-order valence-corrected chi connectivity index (χ2v) is 8.87. The van der Waals surface area contributed by atoms with E-state index in [1.807, 2.05) is 0 Å². The van der Waals surface area contributed by atoms with Crippen LogP contribution in [0.2, 0.25) is 0 Å². The molecule has 0 saturated heterocycles. The summed E-state index contributed by atoms with van der Waals surface area (Å²) >= 11 is 0. The van der Waals surface area contributed by atoms with Gasteiger partial charge >= 0.3 is 5.97 Å². The fourth-order valence-corrected chi connectivity index (χ4v) is 4.16. The van der Waals surface area contributed by atoms with Crippen LogP contribution in [0.5, 0.6) is 0 Å². The van der Waals surface area contributed by atoms with Crippen molar-refractivity contribution < 1.29 is 23.1 Å². The van der Waals surface area contributed by atoms with Crippen molar-refractivity contribution in [2.75, 3.05) is 15.4 Å². The second-order valence-electron chi connectivity index (χ2n) is 7.18. The van der Waals surface area contributed by atoms with E-state index in [9.17, 15) is 18.0 Å². The van der Waals surface area contributed by atoms with Crippen LogP contribution in [0.25, 0.3) is 0 Å². The average molecular weight is 482 g/mol. The molecule has 0 heterocycles. The maximum atomic E-state index is 12.9. The molecule has 0 aliphatic carbocycles. The van der Waals surface area contributed by atoms with E-state index in [2.05, 4.69) is 20.5 Å². The Morgan fingerprint density at radius 3 is 2.41 bits per heavy atom. The largest absolute Gasteiger partial charge is 0.481 e. The molecule has 0 aliphatic rings. The van der Waals surface area contributed by atoms with Crippen LogP contribution in [-0.4, -0.2) is 31.7 Å². The van der Waals surface area contributed by atoms with Gasteiger partial charge in [0.05, 0.1) is 4.90 Å². The van der Waals surface area contributed by atoms with Crippen LogP contribution in [0.15, 0.2) is 82.8 Å². The van der Waals surface area contributed by atoms with Gasteiger partial charge in [-0.1, -0.05) is 24.3 Å². The molecule has 176 valence electrons. The molecule has 6 N–H and O–H groups in total. The number of benzene rings is 3.